The SMILES string of the molecule is CCOC(=O)N1CC(c2ccccc2)OCC1(C)C. The zero-order valence-electron chi connectivity index (χ0n) is 11.8. The summed E-state index contributed by atoms with van der Waals surface area (Å²) in [5.41, 5.74) is 0.754. The van der Waals surface area contributed by atoms with Crippen LogP contribution < -0.4 is 0 Å². The summed E-state index contributed by atoms with van der Waals surface area (Å²) in [5.74, 6) is 0. The van der Waals surface area contributed by atoms with Crippen molar-refractivity contribution in [1.82, 2.24) is 4.90 Å². The van der Waals surface area contributed by atoms with Gasteiger partial charge in [0.1, 0.15) is 6.10 Å². The zero-order chi connectivity index (χ0) is 13.9. The minimum Gasteiger partial charge on any atom is -0.450 e. The van der Waals surface area contributed by atoms with Gasteiger partial charge in [0.2, 0.25) is 0 Å². The van der Waals surface area contributed by atoms with Crippen LogP contribution in [0.4, 0.5) is 4.79 Å². The summed E-state index contributed by atoms with van der Waals surface area (Å²) in [6.45, 7) is 7.22. The summed E-state index contributed by atoms with van der Waals surface area (Å²) in [4.78, 5) is 13.8. The lowest BCUT2D eigenvalue weighted by Crippen LogP contribution is -2.56. The molecule has 1 aliphatic heterocycles. The number of ether oxygens (including phenoxy) is 2. The lowest BCUT2D eigenvalue weighted by atomic mass is 9.99. The smallest absolute Gasteiger partial charge is 0.410 e. The molecule has 1 fully saturated rings. The molecular weight excluding hydrogens is 242 g/mol. The van der Waals surface area contributed by atoms with Crippen molar-refractivity contribution >= 4 is 6.09 Å². The van der Waals surface area contributed by atoms with E-state index in [0.29, 0.717) is 19.8 Å². The van der Waals surface area contributed by atoms with E-state index in [1.807, 2.05) is 51.1 Å². The Bertz CT molecular complexity index is 430. The fourth-order valence-corrected chi connectivity index (χ4v) is 2.24. The summed E-state index contributed by atoms with van der Waals surface area (Å²) in [5, 5.41) is 0. The Hall–Kier alpha value is -1.55. The van der Waals surface area contributed by atoms with Crippen molar-refractivity contribution in [2.24, 2.45) is 0 Å². The average Bonchev–Trinajstić information content (AvgIpc) is 2.39. The van der Waals surface area contributed by atoms with E-state index < -0.39 is 0 Å². The lowest BCUT2D eigenvalue weighted by Gasteiger charge is -2.44. The van der Waals surface area contributed by atoms with E-state index in [1.54, 1.807) is 4.90 Å². The van der Waals surface area contributed by atoms with Gasteiger partial charge >= 0.3 is 6.09 Å². The predicted octanol–water partition coefficient (Wildman–Crippen LogP) is 3.00. The monoisotopic (exact) mass is 263 g/mol. The van der Waals surface area contributed by atoms with Crippen molar-refractivity contribution in [3.8, 4) is 0 Å². The first-order valence-corrected chi connectivity index (χ1v) is 6.65. The van der Waals surface area contributed by atoms with E-state index in [-0.39, 0.29) is 17.7 Å². The fraction of sp³-hybridized carbons (Fsp3) is 0.533. The predicted molar refractivity (Wildman–Crippen MR) is 72.9 cm³/mol. The third-order valence-electron chi connectivity index (χ3n) is 3.38. The Kier molecular flexibility index (Phi) is 4.10. The Morgan fingerprint density at radius 3 is 2.74 bits per heavy atom. The third-order valence-corrected chi connectivity index (χ3v) is 3.38. The highest BCUT2D eigenvalue weighted by Gasteiger charge is 2.39. The Labute approximate surface area is 114 Å². The minimum atomic E-state index is -0.336. The van der Waals surface area contributed by atoms with E-state index in [4.69, 9.17) is 9.47 Å². The molecule has 0 radical (unpaired) electrons. The average molecular weight is 263 g/mol. The number of hydrogen-bond donors (Lipinski definition) is 0. The van der Waals surface area contributed by atoms with E-state index in [0.717, 1.165) is 5.56 Å². The van der Waals surface area contributed by atoms with Gasteiger partial charge in [-0.15, -0.1) is 0 Å². The molecule has 19 heavy (non-hydrogen) atoms. The molecule has 0 aliphatic carbocycles. The van der Waals surface area contributed by atoms with Gasteiger partial charge < -0.3 is 9.47 Å². The van der Waals surface area contributed by atoms with Crippen LogP contribution in [0.3, 0.4) is 0 Å². The molecule has 1 aromatic carbocycles. The van der Waals surface area contributed by atoms with Gasteiger partial charge in [-0.1, -0.05) is 30.3 Å². The fourth-order valence-electron chi connectivity index (χ4n) is 2.24. The third kappa shape index (κ3) is 3.07. The molecule has 1 aliphatic rings. The molecule has 0 aromatic heterocycles. The zero-order valence-corrected chi connectivity index (χ0v) is 11.8. The van der Waals surface area contributed by atoms with E-state index >= 15 is 0 Å². The van der Waals surface area contributed by atoms with Gasteiger partial charge in [0, 0.05) is 0 Å². The normalized spacial score (nSPS) is 22.1. The second-order valence-corrected chi connectivity index (χ2v) is 5.33. The molecule has 0 saturated carbocycles. The lowest BCUT2D eigenvalue weighted by molar-refractivity contribution is -0.0913. The number of morpholine rings is 1. The second kappa shape index (κ2) is 5.61. The molecule has 4 nitrogen and oxygen atoms in total. The minimum absolute atomic E-state index is 0.0846. The first-order valence-electron chi connectivity index (χ1n) is 6.65. The van der Waals surface area contributed by atoms with Crippen LogP contribution in [0, 0.1) is 0 Å². The Morgan fingerprint density at radius 1 is 1.42 bits per heavy atom. The van der Waals surface area contributed by atoms with E-state index in [9.17, 15) is 4.79 Å². The topological polar surface area (TPSA) is 38.8 Å². The van der Waals surface area contributed by atoms with Crippen LogP contribution >= 0.6 is 0 Å². The maximum Gasteiger partial charge on any atom is 0.410 e. The maximum atomic E-state index is 12.0. The molecule has 0 spiro atoms. The maximum absolute atomic E-state index is 12.0. The van der Waals surface area contributed by atoms with Crippen molar-refractivity contribution in [3.05, 3.63) is 35.9 Å². The van der Waals surface area contributed by atoms with Gasteiger partial charge in [0.15, 0.2) is 0 Å². The molecule has 1 saturated heterocycles. The Morgan fingerprint density at radius 2 is 2.11 bits per heavy atom. The van der Waals surface area contributed by atoms with Gasteiger partial charge in [-0.05, 0) is 26.3 Å². The number of amides is 1. The number of hydrogen-bond acceptors (Lipinski definition) is 3. The molecule has 2 rings (SSSR count). The number of benzene rings is 1. The van der Waals surface area contributed by atoms with Crippen LogP contribution in [-0.4, -0.2) is 36.3 Å². The molecule has 1 atom stereocenters. The number of carbonyl (C=O) groups excluding carboxylic acids is 1. The number of carbonyl (C=O) groups is 1. The molecule has 1 heterocycles. The summed E-state index contributed by atoms with van der Waals surface area (Å²) in [7, 11) is 0. The summed E-state index contributed by atoms with van der Waals surface area (Å²) >= 11 is 0. The molecule has 0 N–H and O–H groups in total. The van der Waals surface area contributed by atoms with Crippen molar-refractivity contribution in [1.29, 1.82) is 0 Å². The number of rotatable bonds is 2. The summed E-state index contributed by atoms with van der Waals surface area (Å²) in [6.07, 6.45) is -0.352. The highest BCUT2D eigenvalue weighted by Crippen LogP contribution is 2.30. The highest BCUT2D eigenvalue weighted by molar-refractivity contribution is 5.69. The van der Waals surface area contributed by atoms with Gasteiger partial charge in [-0.3, -0.25) is 4.90 Å². The van der Waals surface area contributed by atoms with Gasteiger partial charge in [-0.2, -0.15) is 0 Å². The standard InChI is InChI=1S/C15H21NO3/c1-4-18-14(17)16-10-13(19-11-15(16,2)3)12-8-6-5-7-9-12/h5-9,13H,4,10-11H2,1-3H3. The van der Waals surface area contributed by atoms with Crippen LogP contribution in [0.2, 0.25) is 0 Å². The first kappa shape index (κ1) is 13.9. The second-order valence-electron chi connectivity index (χ2n) is 5.33. The molecular formula is C15H21NO3. The van der Waals surface area contributed by atoms with Crippen molar-refractivity contribution in [3.63, 3.8) is 0 Å². The first-order chi connectivity index (χ1) is 9.04. The largest absolute Gasteiger partial charge is 0.450 e. The van der Waals surface area contributed by atoms with Gasteiger partial charge in [0.05, 0.1) is 25.3 Å². The molecule has 0 bridgehead atoms. The van der Waals surface area contributed by atoms with Crippen molar-refractivity contribution in [2.45, 2.75) is 32.4 Å². The van der Waals surface area contributed by atoms with Gasteiger partial charge in [-0.25, -0.2) is 4.79 Å². The number of nitrogens with zero attached hydrogens (tertiary/aromatic N) is 1. The van der Waals surface area contributed by atoms with Crippen LogP contribution in [0.1, 0.15) is 32.4 Å². The molecule has 4 heteroatoms. The van der Waals surface area contributed by atoms with E-state index in [1.165, 1.54) is 0 Å². The van der Waals surface area contributed by atoms with Crippen LogP contribution in [0.25, 0.3) is 0 Å². The van der Waals surface area contributed by atoms with Crippen LogP contribution in [0.15, 0.2) is 30.3 Å². The molecule has 104 valence electrons. The summed E-state index contributed by atoms with van der Waals surface area (Å²) in [6, 6.07) is 9.97. The van der Waals surface area contributed by atoms with Crippen molar-refractivity contribution < 1.29 is 14.3 Å². The van der Waals surface area contributed by atoms with Gasteiger partial charge in [0.25, 0.3) is 0 Å². The highest BCUT2D eigenvalue weighted by atomic mass is 16.6. The van der Waals surface area contributed by atoms with Crippen LogP contribution in [0.5, 0.6) is 0 Å². The van der Waals surface area contributed by atoms with E-state index in [2.05, 4.69) is 0 Å². The quantitative estimate of drug-likeness (QED) is 0.823. The molecule has 1 aromatic rings. The Balaban J connectivity index is 2.14. The molecule has 1 amide bonds. The summed E-state index contributed by atoms with van der Waals surface area (Å²) < 4.78 is 11.0. The van der Waals surface area contributed by atoms with Crippen LogP contribution in [-0.2, 0) is 9.47 Å². The van der Waals surface area contributed by atoms with Crippen molar-refractivity contribution in [2.75, 3.05) is 19.8 Å². The molecule has 1 unspecified atom stereocenters.